The van der Waals surface area contributed by atoms with Crippen LogP contribution < -0.4 is 9.88 Å². The molecular weight excluding hydrogens is 376 g/mol. The van der Waals surface area contributed by atoms with Gasteiger partial charge in [-0.2, -0.15) is 0 Å². The van der Waals surface area contributed by atoms with Gasteiger partial charge in [-0.15, -0.1) is 0 Å². The van der Waals surface area contributed by atoms with Crippen molar-refractivity contribution >= 4 is 15.9 Å². The van der Waals surface area contributed by atoms with Crippen molar-refractivity contribution < 1.29 is 17.9 Å². The number of ether oxygens (including phenoxy) is 1. The van der Waals surface area contributed by atoms with E-state index in [-0.39, 0.29) is 16.8 Å². The number of hydrogen-bond donors (Lipinski definition) is 1. The molecule has 2 unspecified atom stereocenters. The summed E-state index contributed by atoms with van der Waals surface area (Å²) < 4.78 is 28.6. The SMILES string of the molecule is CC(Oc1cccc(C(C)C)c1)C(=O)N(C)C(C)c1ccc(S(N)(=O)=O)cc1. The fourth-order valence-corrected chi connectivity index (χ4v) is 3.35. The number of primary sulfonamides is 1. The molecule has 2 N–H and O–H groups in total. The fourth-order valence-electron chi connectivity index (χ4n) is 2.84. The first-order chi connectivity index (χ1) is 13.0. The molecule has 28 heavy (non-hydrogen) atoms. The molecule has 2 aromatic rings. The van der Waals surface area contributed by atoms with E-state index in [9.17, 15) is 13.2 Å². The molecule has 7 heteroatoms. The number of rotatable bonds is 7. The molecule has 0 aliphatic heterocycles. The van der Waals surface area contributed by atoms with Crippen molar-refractivity contribution in [3.63, 3.8) is 0 Å². The molecule has 152 valence electrons. The summed E-state index contributed by atoms with van der Waals surface area (Å²) in [7, 11) is -2.04. The van der Waals surface area contributed by atoms with Crippen molar-refractivity contribution in [1.29, 1.82) is 0 Å². The number of nitrogens with zero attached hydrogens (tertiary/aromatic N) is 1. The van der Waals surface area contributed by atoms with Crippen LogP contribution >= 0.6 is 0 Å². The molecule has 0 radical (unpaired) electrons. The summed E-state index contributed by atoms with van der Waals surface area (Å²) >= 11 is 0. The van der Waals surface area contributed by atoms with E-state index in [0.29, 0.717) is 11.7 Å². The van der Waals surface area contributed by atoms with Gasteiger partial charge in [-0.05, 0) is 55.2 Å². The molecule has 6 nitrogen and oxygen atoms in total. The Labute approximate surface area is 167 Å². The zero-order valence-corrected chi connectivity index (χ0v) is 17.7. The lowest BCUT2D eigenvalue weighted by atomic mass is 10.0. The van der Waals surface area contributed by atoms with Crippen molar-refractivity contribution in [3.05, 3.63) is 59.7 Å². The fraction of sp³-hybridized carbons (Fsp3) is 0.381. The van der Waals surface area contributed by atoms with Gasteiger partial charge in [0.15, 0.2) is 6.10 Å². The smallest absolute Gasteiger partial charge is 0.263 e. The van der Waals surface area contributed by atoms with Gasteiger partial charge in [0.05, 0.1) is 10.9 Å². The lowest BCUT2D eigenvalue weighted by Crippen LogP contribution is -2.39. The van der Waals surface area contributed by atoms with E-state index in [1.807, 2.05) is 31.2 Å². The zero-order chi connectivity index (χ0) is 21.1. The summed E-state index contributed by atoms with van der Waals surface area (Å²) in [6.07, 6.45) is -0.654. The highest BCUT2D eigenvalue weighted by atomic mass is 32.2. The van der Waals surface area contributed by atoms with Crippen LogP contribution in [-0.2, 0) is 14.8 Å². The minimum Gasteiger partial charge on any atom is -0.481 e. The second-order valence-electron chi connectivity index (χ2n) is 7.23. The molecule has 0 fully saturated rings. The van der Waals surface area contributed by atoms with E-state index < -0.39 is 16.1 Å². The standard InChI is InChI=1S/C21H28N2O4S/c1-14(2)18-7-6-8-19(13-18)27-16(4)21(24)23(5)15(3)17-9-11-20(12-10-17)28(22,25)26/h6-16H,1-5H3,(H2,22,25,26). The molecule has 0 aliphatic rings. The molecule has 2 atom stereocenters. The van der Waals surface area contributed by atoms with Crippen LogP contribution in [-0.4, -0.2) is 32.4 Å². The van der Waals surface area contributed by atoms with Crippen LogP contribution in [0.3, 0.4) is 0 Å². The van der Waals surface area contributed by atoms with Crippen molar-refractivity contribution in [2.45, 2.75) is 50.7 Å². The topological polar surface area (TPSA) is 89.7 Å². The van der Waals surface area contributed by atoms with Crippen molar-refractivity contribution in [2.24, 2.45) is 5.14 Å². The van der Waals surface area contributed by atoms with Gasteiger partial charge in [-0.1, -0.05) is 38.1 Å². The monoisotopic (exact) mass is 404 g/mol. The molecule has 0 aromatic heterocycles. The number of sulfonamides is 1. The van der Waals surface area contributed by atoms with Gasteiger partial charge >= 0.3 is 0 Å². The maximum Gasteiger partial charge on any atom is 0.263 e. The third-order valence-electron chi connectivity index (χ3n) is 4.80. The van der Waals surface area contributed by atoms with E-state index in [2.05, 4.69) is 13.8 Å². The molecule has 0 heterocycles. The van der Waals surface area contributed by atoms with E-state index in [1.54, 1.807) is 31.0 Å². The van der Waals surface area contributed by atoms with Crippen molar-refractivity contribution in [1.82, 2.24) is 4.90 Å². The minimum atomic E-state index is -3.74. The Bertz CT molecular complexity index is 924. The number of nitrogens with two attached hydrogens (primary N) is 1. The molecule has 0 spiro atoms. The second kappa shape index (κ2) is 8.75. The van der Waals surface area contributed by atoms with Crippen LogP contribution in [0.25, 0.3) is 0 Å². The quantitative estimate of drug-likeness (QED) is 0.765. The number of carbonyl (C=O) groups is 1. The highest BCUT2D eigenvalue weighted by molar-refractivity contribution is 7.89. The predicted molar refractivity (Wildman–Crippen MR) is 110 cm³/mol. The summed E-state index contributed by atoms with van der Waals surface area (Å²) in [5.74, 6) is 0.862. The molecule has 0 saturated heterocycles. The lowest BCUT2D eigenvalue weighted by Gasteiger charge is -2.28. The van der Waals surface area contributed by atoms with Crippen LogP contribution in [0.2, 0.25) is 0 Å². The van der Waals surface area contributed by atoms with Crippen molar-refractivity contribution in [2.75, 3.05) is 7.05 Å². The molecule has 1 amide bonds. The summed E-state index contributed by atoms with van der Waals surface area (Å²) in [5.41, 5.74) is 1.95. The first kappa shape index (κ1) is 21.9. The van der Waals surface area contributed by atoms with Gasteiger partial charge in [-0.3, -0.25) is 4.79 Å². The summed E-state index contributed by atoms with van der Waals surface area (Å²) in [4.78, 5) is 14.4. The molecule has 0 bridgehead atoms. The number of hydrogen-bond acceptors (Lipinski definition) is 4. The van der Waals surface area contributed by atoms with E-state index in [0.717, 1.165) is 11.1 Å². The maximum absolute atomic E-state index is 12.8. The lowest BCUT2D eigenvalue weighted by molar-refractivity contribution is -0.138. The third-order valence-corrected chi connectivity index (χ3v) is 5.73. The number of likely N-dealkylation sites (N-methyl/N-ethyl adjacent to an activating group) is 1. The highest BCUT2D eigenvalue weighted by Gasteiger charge is 2.24. The normalized spacial score (nSPS) is 13.8. The van der Waals surface area contributed by atoms with Gasteiger partial charge in [-0.25, -0.2) is 13.6 Å². The Morgan fingerprint density at radius 2 is 1.61 bits per heavy atom. The Balaban J connectivity index is 2.09. The number of benzene rings is 2. The van der Waals surface area contributed by atoms with Gasteiger partial charge < -0.3 is 9.64 Å². The molecule has 0 aliphatic carbocycles. The van der Waals surface area contributed by atoms with Gasteiger partial charge in [0.2, 0.25) is 10.0 Å². The Morgan fingerprint density at radius 3 is 2.14 bits per heavy atom. The largest absolute Gasteiger partial charge is 0.481 e. The average molecular weight is 405 g/mol. The van der Waals surface area contributed by atoms with E-state index in [4.69, 9.17) is 9.88 Å². The number of carbonyl (C=O) groups excluding carboxylic acids is 1. The van der Waals surface area contributed by atoms with Gasteiger partial charge in [0, 0.05) is 7.05 Å². The predicted octanol–water partition coefficient (Wildman–Crippen LogP) is 3.44. The van der Waals surface area contributed by atoms with E-state index in [1.165, 1.54) is 12.1 Å². The van der Waals surface area contributed by atoms with Crippen LogP contribution in [0.4, 0.5) is 0 Å². The number of amides is 1. The zero-order valence-electron chi connectivity index (χ0n) is 16.9. The molecule has 2 rings (SSSR count). The maximum atomic E-state index is 12.8. The Kier molecular flexibility index (Phi) is 6.85. The summed E-state index contributed by atoms with van der Waals surface area (Å²) in [6, 6.07) is 13.7. The molecular formula is C21H28N2O4S. The van der Waals surface area contributed by atoms with E-state index >= 15 is 0 Å². The average Bonchev–Trinajstić information content (AvgIpc) is 2.65. The summed E-state index contributed by atoms with van der Waals surface area (Å²) in [5, 5.41) is 5.12. The van der Waals surface area contributed by atoms with Gasteiger partial charge in [0.25, 0.3) is 5.91 Å². The second-order valence-corrected chi connectivity index (χ2v) is 8.79. The van der Waals surface area contributed by atoms with Crippen LogP contribution in [0.1, 0.15) is 50.8 Å². The van der Waals surface area contributed by atoms with Gasteiger partial charge in [0.1, 0.15) is 5.75 Å². The Hall–Kier alpha value is -2.38. The summed E-state index contributed by atoms with van der Waals surface area (Å²) in [6.45, 7) is 7.79. The Morgan fingerprint density at radius 1 is 1.00 bits per heavy atom. The van der Waals surface area contributed by atoms with Crippen LogP contribution in [0.15, 0.2) is 53.4 Å². The first-order valence-corrected chi connectivity index (χ1v) is 10.7. The first-order valence-electron chi connectivity index (χ1n) is 9.16. The molecule has 2 aromatic carbocycles. The highest BCUT2D eigenvalue weighted by Crippen LogP contribution is 2.24. The van der Waals surface area contributed by atoms with Crippen LogP contribution in [0, 0.1) is 0 Å². The third kappa shape index (κ3) is 5.33. The van der Waals surface area contributed by atoms with Crippen LogP contribution in [0.5, 0.6) is 5.75 Å². The molecule has 0 saturated carbocycles. The van der Waals surface area contributed by atoms with Crippen molar-refractivity contribution in [3.8, 4) is 5.75 Å². The minimum absolute atomic E-state index is 0.0409.